The van der Waals surface area contributed by atoms with Crippen LogP contribution >= 0.6 is 23.4 Å². The smallest absolute Gasteiger partial charge is 0.335 e. The van der Waals surface area contributed by atoms with Gasteiger partial charge in [0.2, 0.25) is 0 Å². The molecule has 1 saturated heterocycles. The lowest BCUT2D eigenvalue weighted by Gasteiger charge is -2.14. The van der Waals surface area contributed by atoms with Crippen molar-refractivity contribution in [3.05, 3.63) is 105 Å². The summed E-state index contributed by atoms with van der Waals surface area (Å²) < 4.78 is 11.6. The minimum atomic E-state index is -1.01. The highest BCUT2D eigenvalue weighted by atomic mass is 35.5. The van der Waals surface area contributed by atoms with E-state index in [4.69, 9.17) is 26.2 Å². The zero-order valence-corrected chi connectivity index (χ0v) is 22.6. The Hall–Kier alpha value is -4.27. The van der Waals surface area contributed by atoms with Crippen molar-refractivity contribution >= 4 is 62.9 Å². The number of methoxy groups -OCH3 is 1. The number of amides is 1. The molecular formula is C30H23ClN2O5S. The fraction of sp³-hybridized carbons (Fsp3) is 0.100. The van der Waals surface area contributed by atoms with E-state index in [9.17, 15) is 9.59 Å². The quantitative estimate of drug-likeness (QED) is 0.245. The van der Waals surface area contributed by atoms with Gasteiger partial charge in [0.1, 0.15) is 6.61 Å². The average molecular weight is 559 g/mol. The van der Waals surface area contributed by atoms with Gasteiger partial charge in [-0.25, -0.2) is 9.79 Å². The van der Waals surface area contributed by atoms with Gasteiger partial charge in [0, 0.05) is 7.05 Å². The van der Waals surface area contributed by atoms with Crippen molar-refractivity contribution in [2.45, 2.75) is 6.61 Å². The number of likely N-dealkylation sites (N-methyl/N-ethyl adjacent to an activating group) is 1. The number of rotatable bonds is 7. The highest BCUT2D eigenvalue weighted by Gasteiger charge is 2.30. The molecule has 1 N–H and O–H groups in total. The number of thioether (sulfide) groups is 1. The number of aliphatic imine (C=N–C) groups is 1. The fourth-order valence-corrected chi connectivity index (χ4v) is 5.30. The molecule has 0 radical (unpaired) electrons. The van der Waals surface area contributed by atoms with Crippen LogP contribution in [0.15, 0.2) is 88.8 Å². The summed E-state index contributed by atoms with van der Waals surface area (Å²) >= 11 is 7.81. The SMILES string of the molecule is COc1cc(/C=C2\SC(=Nc3ccc(C(=O)O)cc3)N(C)C2=O)cc(Cl)c1OCc1ccc2ccccc2c1. The van der Waals surface area contributed by atoms with E-state index in [0.717, 1.165) is 16.3 Å². The molecule has 1 aliphatic heterocycles. The monoisotopic (exact) mass is 558 g/mol. The summed E-state index contributed by atoms with van der Waals surface area (Å²) in [6.45, 7) is 0.313. The van der Waals surface area contributed by atoms with E-state index >= 15 is 0 Å². The number of nitrogens with zero attached hydrogens (tertiary/aromatic N) is 2. The number of carboxylic acids is 1. The van der Waals surface area contributed by atoms with Crippen LogP contribution in [0.25, 0.3) is 16.8 Å². The van der Waals surface area contributed by atoms with Crippen LogP contribution in [0.4, 0.5) is 5.69 Å². The molecule has 4 aromatic rings. The third kappa shape index (κ3) is 5.77. The van der Waals surface area contributed by atoms with Crippen molar-refractivity contribution in [3.8, 4) is 11.5 Å². The van der Waals surface area contributed by atoms with Gasteiger partial charge >= 0.3 is 5.97 Å². The molecule has 196 valence electrons. The van der Waals surface area contributed by atoms with Crippen LogP contribution in [0.5, 0.6) is 11.5 Å². The second kappa shape index (κ2) is 11.2. The molecule has 1 aliphatic rings. The van der Waals surface area contributed by atoms with Gasteiger partial charge in [-0.3, -0.25) is 9.69 Å². The van der Waals surface area contributed by atoms with Crippen molar-refractivity contribution in [1.82, 2.24) is 4.90 Å². The highest BCUT2D eigenvalue weighted by Crippen LogP contribution is 2.39. The molecule has 1 amide bonds. The van der Waals surface area contributed by atoms with Gasteiger partial charge in [0.15, 0.2) is 16.7 Å². The number of carboxylic acid groups (broad SMARTS) is 1. The molecule has 0 aromatic heterocycles. The Kier molecular flexibility index (Phi) is 7.58. The first-order chi connectivity index (χ1) is 18.8. The predicted molar refractivity (Wildman–Crippen MR) is 155 cm³/mol. The van der Waals surface area contributed by atoms with Crippen LogP contribution in [-0.2, 0) is 11.4 Å². The second-order valence-corrected chi connectivity index (χ2v) is 10.1. The van der Waals surface area contributed by atoms with Crippen molar-refractivity contribution in [3.63, 3.8) is 0 Å². The van der Waals surface area contributed by atoms with Gasteiger partial charge < -0.3 is 14.6 Å². The molecule has 9 heteroatoms. The molecular weight excluding hydrogens is 536 g/mol. The van der Waals surface area contributed by atoms with Crippen LogP contribution in [-0.4, -0.2) is 41.2 Å². The molecule has 0 atom stereocenters. The molecule has 1 heterocycles. The summed E-state index contributed by atoms with van der Waals surface area (Å²) in [5.74, 6) is -0.357. The zero-order valence-electron chi connectivity index (χ0n) is 21.1. The Morgan fingerprint density at radius 3 is 2.51 bits per heavy atom. The van der Waals surface area contributed by atoms with E-state index in [1.54, 1.807) is 37.4 Å². The summed E-state index contributed by atoms with van der Waals surface area (Å²) in [4.78, 5) is 30.4. The van der Waals surface area contributed by atoms with Crippen molar-refractivity contribution < 1.29 is 24.2 Å². The lowest BCUT2D eigenvalue weighted by molar-refractivity contribution is -0.121. The standard InChI is InChI=1S/C30H23ClN2O5S/c1-33-28(34)26(39-30(33)32-23-11-9-21(10-12-23)29(35)36)16-19-14-24(31)27(25(15-19)37-2)38-17-18-7-8-20-5-3-4-6-22(20)13-18/h3-16H,17H2,1-2H3,(H,35,36)/b26-16-,32-30?. The number of carbonyl (C=O) groups excluding carboxylic acids is 1. The minimum absolute atomic E-state index is 0.165. The van der Waals surface area contributed by atoms with E-state index in [1.165, 1.54) is 35.9 Å². The highest BCUT2D eigenvalue weighted by molar-refractivity contribution is 8.18. The van der Waals surface area contributed by atoms with E-state index < -0.39 is 5.97 Å². The average Bonchev–Trinajstić information content (AvgIpc) is 3.19. The Morgan fingerprint density at radius 2 is 1.79 bits per heavy atom. The maximum absolute atomic E-state index is 12.9. The maximum Gasteiger partial charge on any atom is 0.335 e. The van der Waals surface area contributed by atoms with Gasteiger partial charge in [-0.15, -0.1) is 0 Å². The number of aromatic carboxylic acids is 1. The largest absolute Gasteiger partial charge is 0.493 e. The van der Waals surface area contributed by atoms with Gasteiger partial charge in [0.05, 0.1) is 28.3 Å². The molecule has 0 spiro atoms. The van der Waals surface area contributed by atoms with E-state index in [0.29, 0.717) is 44.5 Å². The molecule has 0 saturated carbocycles. The lowest BCUT2D eigenvalue weighted by Crippen LogP contribution is -2.23. The van der Waals surface area contributed by atoms with Gasteiger partial charge in [0.25, 0.3) is 5.91 Å². The third-order valence-electron chi connectivity index (χ3n) is 6.09. The first-order valence-corrected chi connectivity index (χ1v) is 13.1. The van der Waals surface area contributed by atoms with Crippen LogP contribution < -0.4 is 9.47 Å². The molecule has 0 unspecified atom stereocenters. The zero-order chi connectivity index (χ0) is 27.5. The molecule has 7 nitrogen and oxygen atoms in total. The summed E-state index contributed by atoms with van der Waals surface area (Å²) in [7, 11) is 3.17. The predicted octanol–water partition coefficient (Wildman–Crippen LogP) is 7.01. The lowest BCUT2D eigenvalue weighted by atomic mass is 10.1. The molecule has 5 rings (SSSR count). The second-order valence-electron chi connectivity index (χ2n) is 8.73. The first kappa shape index (κ1) is 26.3. The van der Waals surface area contributed by atoms with Crippen LogP contribution in [0.3, 0.4) is 0 Å². The normalized spacial score (nSPS) is 15.4. The molecule has 1 fully saturated rings. The van der Waals surface area contributed by atoms with Crippen molar-refractivity contribution in [1.29, 1.82) is 0 Å². The Balaban J connectivity index is 1.35. The van der Waals surface area contributed by atoms with Crippen molar-refractivity contribution in [2.75, 3.05) is 14.2 Å². The molecule has 0 aliphatic carbocycles. The van der Waals surface area contributed by atoms with Gasteiger partial charge in [-0.05, 0) is 82.2 Å². The molecule has 4 aromatic carbocycles. The van der Waals surface area contributed by atoms with E-state index in [2.05, 4.69) is 29.3 Å². The van der Waals surface area contributed by atoms with Crippen LogP contribution in [0.2, 0.25) is 5.02 Å². The van der Waals surface area contributed by atoms with E-state index in [-0.39, 0.29) is 11.5 Å². The number of carbonyl (C=O) groups is 2. The number of ether oxygens (including phenoxy) is 2. The van der Waals surface area contributed by atoms with Gasteiger partial charge in [-0.1, -0.05) is 48.0 Å². The summed E-state index contributed by atoms with van der Waals surface area (Å²) in [6.07, 6.45) is 1.72. The van der Waals surface area contributed by atoms with Crippen LogP contribution in [0.1, 0.15) is 21.5 Å². The number of hydrogen-bond donors (Lipinski definition) is 1. The molecule has 39 heavy (non-hydrogen) atoms. The minimum Gasteiger partial charge on any atom is -0.493 e. The van der Waals surface area contributed by atoms with E-state index in [1.807, 2.05) is 18.2 Å². The number of amidine groups is 1. The summed E-state index contributed by atoms with van der Waals surface area (Å²) in [5, 5.41) is 12.2. The molecule has 0 bridgehead atoms. The van der Waals surface area contributed by atoms with Gasteiger partial charge in [-0.2, -0.15) is 0 Å². The maximum atomic E-state index is 12.9. The number of benzene rings is 4. The third-order valence-corrected chi connectivity index (χ3v) is 7.43. The summed E-state index contributed by atoms with van der Waals surface area (Å²) in [5.41, 5.74) is 2.38. The Bertz CT molecular complexity index is 1650. The number of fused-ring (bicyclic) bond motifs is 1. The fourth-order valence-electron chi connectivity index (χ4n) is 4.04. The summed E-state index contributed by atoms with van der Waals surface area (Å²) in [6, 6.07) is 23.9. The Labute approximate surface area is 234 Å². The van der Waals surface area contributed by atoms with Crippen LogP contribution in [0, 0.1) is 0 Å². The number of halogens is 1. The topological polar surface area (TPSA) is 88.4 Å². The first-order valence-electron chi connectivity index (χ1n) is 11.9. The number of hydrogen-bond acceptors (Lipinski definition) is 6. The Morgan fingerprint density at radius 1 is 1.05 bits per heavy atom. The van der Waals surface area contributed by atoms with Crippen molar-refractivity contribution in [2.24, 2.45) is 4.99 Å².